The fourth-order valence-corrected chi connectivity index (χ4v) is 3.15. The Morgan fingerprint density at radius 3 is 2.29 bits per heavy atom. The van der Waals surface area contributed by atoms with Gasteiger partial charge >= 0.3 is 0 Å². The number of halogens is 1. The van der Waals surface area contributed by atoms with Gasteiger partial charge in [-0.3, -0.25) is 0 Å². The van der Waals surface area contributed by atoms with Gasteiger partial charge in [0.1, 0.15) is 0 Å². The van der Waals surface area contributed by atoms with E-state index in [1.54, 1.807) is 0 Å². The van der Waals surface area contributed by atoms with Crippen molar-refractivity contribution in [2.24, 2.45) is 0 Å². The maximum absolute atomic E-state index is 6.19. The minimum Gasteiger partial charge on any atom is -0.313 e. The van der Waals surface area contributed by atoms with Gasteiger partial charge < -0.3 is 5.32 Å². The second-order valence-electron chi connectivity index (χ2n) is 5.75. The van der Waals surface area contributed by atoms with Crippen molar-refractivity contribution in [2.45, 2.75) is 40.7 Å². The Hall–Kier alpha value is -1.31. The zero-order valence-corrected chi connectivity index (χ0v) is 14.1. The summed E-state index contributed by atoms with van der Waals surface area (Å²) in [7, 11) is 0. The molecule has 0 heterocycles. The molecule has 112 valence electrons. The number of benzene rings is 2. The molecule has 0 aliphatic carbocycles. The van der Waals surface area contributed by atoms with Crippen LogP contribution in [0.5, 0.6) is 0 Å². The highest BCUT2D eigenvalue weighted by molar-refractivity contribution is 6.30. The minimum absolute atomic E-state index is 0.800. The van der Waals surface area contributed by atoms with E-state index >= 15 is 0 Å². The number of rotatable bonds is 5. The topological polar surface area (TPSA) is 12.0 Å². The van der Waals surface area contributed by atoms with Gasteiger partial charge in [-0.1, -0.05) is 42.3 Å². The highest BCUT2D eigenvalue weighted by atomic mass is 35.5. The van der Waals surface area contributed by atoms with Crippen LogP contribution >= 0.6 is 11.6 Å². The van der Waals surface area contributed by atoms with E-state index in [0.717, 1.165) is 24.5 Å². The molecule has 0 atom stereocenters. The third-order valence-corrected chi connectivity index (χ3v) is 3.99. The fraction of sp³-hybridized carbons (Fsp3) is 0.368. The van der Waals surface area contributed by atoms with Crippen molar-refractivity contribution in [3.05, 3.63) is 57.6 Å². The molecule has 0 aliphatic heterocycles. The van der Waals surface area contributed by atoms with Crippen LogP contribution in [0.4, 0.5) is 0 Å². The molecule has 0 unspecified atom stereocenters. The Bertz CT molecular complexity index is 608. The average molecular weight is 302 g/mol. The Kier molecular flexibility index (Phi) is 5.44. The lowest BCUT2D eigenvalue weighted by Gasteiger charge is -2.16. The second kappa shape index (κ2) is 7.11. The van der Waals surface area contributed by atoms with Gasteiger partial charge in [-0.15, -0.1) is 0 Å². The Morgan fingerprint density at radius 2 is 1.67 bits per heavy atom. The lowest BCUT2D eigenvalue weighted by Crippen LogP contribution is -2.14. The third-order valence-electron chi connectivity index (χ3n) is 3.76. The zero-order valence-electron chi connectivity index (χ0n) is 13.4. The van der Waals surface area contributed by atoms with Crippen molar-refractivity contribution >= 4 is 11.6 Å². The summed E-state index contributed by atoms with van der Waals surface area (Å²) in [6.45, 7) is 10.6. The molecule has 0 spiro atoms. The predicted molar refractivity (Wildman–Crippen MR) is 93.1 cm³/mol. The predicted octanol–water partition coefficient (Wildman–Crippen LogP) is 5.43. The standard InChI is InChI=1S/C19H24ClN/c1-5-8-21-12-16-11-17(20)6-7-18(16)19-14(3)9-13(2)10-15(19)4/h6-7,9-11,21H,5,8,12H2,1-4H3. The molecule has 0 saturated heterocycles. The summed E-state index contributed by atoms with van der Waals surface area (Å²) in [5.41, 5.74) is 7.86. The van der Waals surface area contributed by atoms with E-state index in [1.165, 1.54) is 33.4 Å². The SMILES string of the molecule is CCCNCc1cc(Cl)ccc1-c1c(C)cc(C)cc1C. The lowest BCUT2D eigenvalue weighted by atomic mass is 9.91. The molecule has 0 saturated carbocycles. The van der Waals surface area contributed by atoms with Crippen LogP contribution in [0, 0.1) is 20.8 Å². The van der Waals surface area contributed by atoms with Gasteiger partial charge in [0.25, 0.3) is 0 Å². The quantitative estimate of drug-likeness (QED) is 0.726. The van der Waals surface area contributed by atoms with Crippen LogP contribution in [0.1, 0.15) is 35.6 Å². The van der Waals surface area contributed by atoms with Gasteiger partial charge in [0, 0.05) is 11.6 Å². The molecule has 0 bridgehead atoms. The average Bonchev–Trinajstić information content (AvgIpc) is 2.40. The van der Waals surface area contributed by atoms with Gasteiger partial charge in [0.2, 0.25) is 0 Å². The molecule has 1 N–H and O–H groups in total. The van der Waals surface area contributed by atoms with E-state index in [4.69, 9.17) is 11.6 Å². The highest BCUT2D eigenvalue weighted by Crippen LogP contribution is 2.32. The number of hydrogen-bond donors (Lipinski definition) is 1. The molecule has 2 rings (SSSR count). The van der Waals surface area contributed by atoms with Crippen molar-refractivity contribution in [2.75, 3.05) is 6.54 Å². The van der Waals surface area contributed by atoms with Crippen molar-refractivity contribution in [1.82, 2.24) is 5.32 Å². The van der Waals surface area contributed by atoms with Crippen LogP contribution in [0.3, 0.4) is 0 Å². The molecular formula is C19H24ClN. The van der Waals surface area contributed by atoms with Crippen molar-refractivity contribution in [3.63, 3.8) is 0 Å². The van der Waals surface area contributed by atoms with Crippen LogP contribution < -0.4 is 5.32 Å². The van der Waals surface area contributed by atoms with Crippen LogP contribution in [-0.2, 0) is 6.54 Å². The Balaban J connectivity index is 2.48. The number of aryl methyl sites for hydroxylation is 3. The molecule has 2 heteroatoms. The summed E-state index contributed by atoms with van der Waals surface area (Å²) in [5, 5.41) is 4.28. The van der Waals surface area contributed by atoms with E-state index < -0.39 is 0 Å². The summed E-state index contributed by atoms with van der Waals surface area (Å²) in [6, 6.07) is 10.7. The highest BCUT2D eigenvalue weighted by Gasteiger charge is 2.11. The first-order valence-electron chi connectivity index (χ1n) is 7.60. The van der Waals surface area contributed by atoms with E-state index in [2.05, 4.69) is 57.3 Å². The van der Waals surface area contributed by atoms with Crippen molar-refractivity contribution < 1.29 is 0 Å². The van der Waals surface area contributed by atoms with E-state index in [0.29, 0.717) is 0 Å². The van der Waals surface area contributed by atoms with Crippen LogP contribution in [0.25, 0.3) is 11.1 Å². The summed E-state index contributed by atoms with van der Waals surface area (Å²) in [4.78, 5) is 0. The molecule has 0 radical (unpaired) electrons. The summed E-state index contributed by atoms with van der Waals surface area (Å²) in [5.74, 6) is 0. The maximum atomic E-state index is 6.19. The smallest absolute Gasteiger partial charge is 0.0409 e. The van der Waals surface area contributed by atoms with Crippen LogP contribution in [0.2, 0.25) is 5.02 Å². The molecule has 0 aromatic heterocycles. The summed E-state index contributed by atoms with van der Waals surface area (Å²) in [6.07, 6.45) is 1.14. The molecule has 21 heavy (non-hydrogen) atoms. The first-order valence-corrected chi connectivity index (χ1v) is 7.98. The number of nitrogens with one attached hydrogen (secondary N) is 1. The van der Waals surface area contributed by atoms with E-state index in [9.17, 15) is 0 Å². The minimum atomic E-state index is 0.800. The molecular weight excluding hydrogens is 278 g/mol. The fourth-order valence-electron chi connectivity index (χ4n) is 2.96. The largest absolute Gasteiger partial charge is 0.313 e. The van der Waals surface area contributed by atoms with Crippen molar-refractivity contribution in [3.8, 4) is 11.1 Å². The molecule has 0 amide bonds. The third kappa shape index (κ3) is 3.87. The van der Waals surface area contributed by atoms with Gasteiger partial charge in [-0.05, 0) is 73.7 Å². The summed E-state index contributed by atoms with van der Waals surface area (Å²) < 4.78 is 0. The van der Waals surface area contributed by atoms with Gasteiger partial charge in [0.15, 0.2) is 0 Å². The first kappa shape index (κ1) is 16.1. The first-order chi connectivity index (χ1) is 10.0. The van der Waals surface area contributed by atoms with E-state index in [1.807, 2.05) is 6.07 Å². The molecule has 1 nitrogen and oxygen atoms in total. The summed E-state index contributed by atoms with van der Waals surface area (Å²) >= 11 is 6.19. The molecule has 0 aliphatic rings. The number of hydrogen-bond acceptors (Lipinski definition) is 1. The lowest BCUT2D eigenvalue weighted by molar-refractivity contribution is 0.676. The van der Waals surface area contributed by atoms with Gasteiger partial charge in [-0.25, -0.2) is 0 Å². The zero-order chi connectivity index (χ0) is 15.4. The normalized spacial score (nSPS) is 10.9. The monoisotopic (exact) mass is 301 g/mol. The van der Waals surface area contributed by atoms with Crippen molar-refractivity contribution in [1.29, 1.82) is 0 Å². The molecule has 2 aromatic carbocycles. The Morgan fingerprint density at radius 1 is 1.00 bits per heavy atom. The van der Waals surface area contributed by atoms with Gasteiger partial charge in [-0.2, -0.15) is 0 Å². The maximum Gasteiger partial charge on any atom is 0.0409 e. The van der Waals surface area contributed by atoms with Crippen LogP contribution in [0.15, 0.2) is 30.3 Å². The molecule has 0 fully saturated rings. The molecule has 2 aromatic rings. The second-order valence-corrected chi connectivity index (χ2v) is 6.19. The van der Waals surface area contributed by atoms with E-state index in [-0.39, 0.29) is 0 Å². The Labute approximate surface area is 133 Å². The van der Waals surface area contributed by atoms with Crippen LogP contribution in [-0.4, -0.2) is 6.54 Å². The van der Waals surface area contributed by atoms with Gasteiger partial charge in [0.05, 0.1) is 0 Å².